The average molecular weight is 198 g/mol. The second kappa shape index (κ2) is 54.4. The zero-order valence-corrected chi connectivity index (χ0v) is 11.3. The first-order valence-corrected chi connectivity index (χ1v) is 0. The summed E-state index contributed by atoms with van der Waals surface area (Å²) in [5, 5.41) is 0. The molecular weight excluding hydrogens is 198 g/mol. The molecule has 0 atom stereocenters. The summed E-state index contributed by atoms with van der Waals surface area (Å²) < 4.78 is 0. The fourth-order valence-electron chi connectivity index (χ4n) is 0. The molecule has 7 heteroatoms. The third kappa shape index (κ3) is 42.5. The first-order chi connectivity index (χ1) is 0. The van der Waals surface area contributed by atoms with Gasteiger partial charge in [-0.25, -0.2) is 0 Å². The Bertz CT molecular complexity index is 9.65. The van der Waals surface area contributed by atoms with Crippen LogP contribution in [0.25, 0.3) is 0 Å². The fourth-order valence-corrected chi connectivity index (χ4v) is 0. The number of hydrogen-bond acceptors (Lipinski definition) is 0. The van der Waals surface area contributed by atoms with Crippen LogP contribution in [0.1, 0.15) is 0 Å². The molecule has 0 aromatic carbocycles. The van der Waals surface area contributed by atoms with E-state index in [1.165, 1.54) is 0 Å². The first kappa shape index (κ1) is 74.8. The van der Waals surface area contributed by atoms with Crippen molar-refractivity contribution in [1.82, 2.24) is 0 Å². The van der Waals surface area contributed by atoms with E-state index >= 15 is 0 Å². The molecule has 34 valence electrons. The van der Waals surface area contributed by atoms with Crippen LogP contribution in [0.2, 0.25) is 0 Å². The summed E-state index contributed by atoms with van der Waals surface area (Å²) in [7, 11) is 0. The Labute approximate surface area is 138 Å². The first-order valence-electron chi connectivity index (χ1n) is 0. The summed E-state index contributed by atoms with van der Waals surface area (Å²) in [6.45, 7) is 0. The normalized spacial score (nSPS) is 0. The predicted octanol–water partition coefficient (Wildman–Crippen LogP) is -6.47. The Morgan fingerprint density at radius 3 is 0.429 bits per heavy atom. The van der Waals surface area contributed by atoms with Crippen LogP contribution in [0.15, 0.2) is 0 Å². The van der Waals surface area contributed by atoms with Gasteiger partial charge in [0.15, 0.2) is 0 Å². The van der Waals surface area contributed by atoms with Gasteiger partial charge in [0, 0.05) is 0 Å². The molecule has 0 amide bonds. The Morgan fingerprint density at radius 1 is 0.429 bits per heavy atom. The van der Waals surface area contributed by atoms with Crippen LogP contribution in [0, 0.1) is 0 Å². The number of rotatable bonds is 0. The summed E-state index contributed by atoms with van der Waals surface area (Å²) in [5.41, 5.74) is 0. The van der Waals surface area contributed by atoms with Gasteiger partial charge in [0.05, 0.1) is 0 Å². The van der Waals surface area contributed by atoms with Gasteiger partial charge in [-0.05, 0) is 0 Å². The minimum atomic E-state index is 0. The average Bonchev–Trinajstić information content (AvgIpc) is 0. The van der Waals surface area contributed by atoms with Crippen LogP contribution >= 0.6 is 0 Å². The van der Waals surface area contributed by atoms with Gasteiger partial charge in [-0.15, -0.1) is 0 Å². The van der Waals surface area contributed by atoms with E-state index in [4.69, 9.17) is 0 Å². The molecule has 7 heavy (non-hydrogen) atoms. The SMILES string of the molecule is [Fe+6].[K+].[K+].[O-2].[O-2].[O-2].[O-2]. The predicted molar refractivity (Wildman–Crippen MR) is 2.75 cm³/mol. The number of hydrogen-bond donors (Lipinski definition) is 0. The monoisotopic (exact) mass is 198 g/mol. The van der Waals surface area contributed by atoms with E-state index in [2.05, 4.69) is 0 Å². The zero-order chi connectivity index (χ0) is 0. The van der Waals surface area contributed by atoms with Crippen molar-refractivity contribution in [1.29, 1.82) is 0 Å². The van der Waals surface area contributed by atoms with Crippen molar-refractivity contribution >= 4 is 0 Å². The molecule has 0 aromatic heterocycles. The van der Waals surface area contributed by atoms with Gasteiger partial charge < -0.3 is 21.9 Å². The van der Waals surface area contributed by atoms with Crippen molar-refractivity contribution in [2.75, 3.05) is 0 Å². The Morgan fingerprint density at radius 2 is 0.429 bits per heavy atom. The van der Waals surface area contributed by atoms with Crippen molar-refractivity contribution in [2.45, 2.75) is 0 Å². The molecule has 0 saturated heterocycles. The van der Waals surface area contributed by atoms with E-state index in [1.807, 2.05) is 0 Å². The van der Waals surface area contributed by atoms with Crippen LogP contribution in [0.4, 0.5) is 0 Å². The Balaban J connectivity index is 0. The second-order valence-electron chi connectivity index (χ2n) is 0. The van der Waals surface area contributed by atoms with Gasteiger partial charge in [-0.1, -0.05) is 0 Å². The van der Waals surface area contributed by atoms with Gasteiger partial charge >= 0.3 is 120 Å². The summed E-state index contributed by atoms with van der Waals surface area (Å²) in [6, 6.07) is 0. The molecular formula is FeK2O4. The largest absolute Gasteiger partial charge is 6.00 e. The summed E-state index contributed by atoms with van der Waals surface area (Å²) in [4.78, 5) is 0. The third-order valence-corrected chi connectivity index (χ3v) is 0. The van der Waals surface area contributed by atoms with Gasteiger partial charge in [-0.2, -0.15) is 0 Å². The van der Waals surface area contributed by atoms with Crippen LogP contribution < -0.4 is 103 Å². The standard InChI is InChI=1S/Fe.2K.4O/q+6;2*+1;4*-2. The molecule has 0 aliphatic carbocycles. The van der Waals surface area contributed by atoms with Gasteiger partial charge in [-0.3, -0.25) is 0 Å². The zero-order valence-electron chi connectivity index (χ0n) is 3.99. The van der Waals surface area contributed by atoms with Crippen LogP contribution in [-0.4, -0.2) is 0 Å². The van der Waals surface area contributed by atoms with Gasteiger partial charge in [0.25, 0.3) is 0 Å². The maximum atomic E-state index is 0. The molecule has 0 radical (unpaired) electrons. The third-order valence-electron chi connectivity index (χ3n) is 0. The molecule has 0 saturated carbocycles. The molecule has 0 rings (SSSR count). The summed E-state index contributed by atoms with van der Waals surface area (Å²) in [6.07, 6.45) is 0. The molecule has 0 unspecified atom stereocenters. The Kier molecular flexibility index (Phi) is 581. The van der Waals surface area contributed by atoms with Crippen molar-refractivity contribution in [2.24, 2.45) is 0 Å². The van der Waals surface area contributed by atoms with E-state index in [1.54, 1.807) is 0 Å². The topological polar surface area (TPSA) is 114 Å². The van der Waals surface area contributed by atoms with Gasteiger partial charge in [0.1, 0.15) is 0 Å². The quantitative estimate of drug-likeness (QED) is 0.344. The molecule has 0 heterocycles. The van der Waals surface area contributed by atoms with E-state index in [0.29, 0.717) is 0 Å². The maximum Gasteiger partial charge on any atom is 6.00 e. The minimum Gasteiger partial charge on any atom is -2.00 e. The molecule has 0 bridgehead atoms. The van der Waals surface area contributed by atoms with Crippen LogP contribution in [-0.2, 0) is 39.0 Å². The van der Waals surface area contributed by atoms with Crippen molar-refractivity contribution in [3.8, 4) is 0 Å². The Hall–Kier alpha value is 3.63. The molecule has 0 aliphatic rings. The second-order valence-corrected chi connectivity index (χ2v) is 0. The molecule has 0 fully saturated rings. The van der Waals surface area contributed by atoms with Crippen LogP contribution in [0.5, 0.6) is 0 Å². The summed E-state index contributed by atoms with van der Waals surface area (Å²) in [5.74, 6) is 0. The maximum absolute atomic E-state index is 0. The molecule has 0 spiro atoms. The molecule has 0 aliphatic heterocycles. The van der Waals surface area contributed by atoms with E-state index in [-0.39, 0.29) is 142 Å². The van der Waals surface area contributed by atoms with Gasteiger partial charge in [0.2, 0.25) is 0 Å². The van der Waals surface area contributed by atoms with Crippen molar-refractivity contribution in [3.63, 3.8) is 0 Å². The van der Waals surface area contributed by atoms with E-state index in [0.717, 1.165) is 0 Å². The van der Waals surface area contributed by atoms with Crippen molar-refractivity contribution < 1.29 is 142 Å². The molecule has 0 aromatic rings. The molecule has 4 nitrogen and oxygen atoms in total. The van der Waals surface area contributed by atoms with Crippen molar-refractivity contribution in [3.05, 3.63) is 0 Å². The van der Waals surface area contributed by atoms with E-state index in [9.17, 15) is 0 Å². The minimum absolute atomic E-state index is 0. The summed E-state index contributed by atoms with van der Waals surface area (Å²) >= 11 is 0. The fraction of sp³-hybridized carbons (Fsp3) is 0. The van der Waals surface area contributed by atoms with E-state index < -0.39 is 0 Å². The smallest absolute Gasteiger partial charge is 2.00 e. The van der Waals surface area contributed by atoms with Crippen LogP contribution in [0.3, 0.4) is 0 Å². The molecule has 0 N–H and O–H groups in total.